The van der Waals surface area contributed by atoms with E-state index in [4.69, 9.17) is 19.9 Å². The quantitative estimate of drug-likeness (QED) is 0.152. The minimum absolute atomic E-state index is 0.704. The lowest BCUT2D eigenvalue weighted by molar-refractivity contribution is 1.08. The van der Waals surface area contributed by atoms with Crippen LogP contribution in [-0.4, -0.2) is 24.5 Å². The molecule has 0 saturated heterocycles. The Bertz CT molecular complexity index is 3190. The summed E-state index contributed by atoms with van der Waals surface area (Å²) in [6, 6.07) is 71.9. The van der Waals surface area contributed by atoms with Crippen molar-refractivity contribution >= 4 is 32.6 Å². The van der Waals surface area contributed by atoms with Crippen molar-refractivity contribution in [3.63, 3.8) is 0 Å². The predicted octanol–water partition coefficient (Wildman–Crippen LogP) is 13.5. The number of hydrogen-bond acceptors (Lipinski definition) is 4. The predicted molar refractivity (Wildman–Crippen MR) is 242 cm³/mol. The van der Waals surface area contributed by atoms with Crippen molar-refractivity contribution < 1.29 is 0 Å². The molecule has 0 bridgehead atoms. The van der Waals surface area contributed by atoms with E-state index in [9.17, 15) is 0 Å². The van der Waals surface area contributed by atoms with Crippen LogP contribution in [0.5, 0.6) is 0 Å². The SMILES string of the molecule is c1ccc(-c2cc(-c3ccc(-c4c5ccccc5c(-c5ccnc(-c6nc7ccccc7n6-c6ccccc6)c5)c5ccccc45)cc3)nc(-c3ccccc3)n2)cc1. The molecule has 0 aliphatic carbocycles. The molecule has 0 amide bonds. The Morgan fingerprint density at radius 2 is 0.831 bits per heavy atom. The molecule has 0 aliphatic heterocycles. The summed E-state index contributed by atoms with van der Waals surface area (Å²) >= 11 is 0. The molecule has 5 heteroatoms. The van der Waals surface area contributed by atoms with Gasteiger partial charge in [-0.1, -0.05) is 164 Å². The highest BCUT2D eigenvalue weighted by molar-refractivity contribution is 6.21. The molecule has 0 radical (unpaired) electrons. The molecule has 0 fully saturated rings. The number of pyridine rings is 1. The van der Waals surface area contributed by atoms with Crippen LogP contribution in [0, 0.1) is 0 Å². The molecule has 11 aromatic rings. The van der Waals surface area contributed by atoms with E-state index in [0.717, 1.165) is 67.4 Å². The number of aromatic nitrogens is 5. The maximum Gasteiger partial charge on any atom is 0.164 e. The van der Waals surface area contributed by atoms with Crippen molar-refractivity contribution in [1.29, 1.82) is 0 Å². The molecular formula is C54H35N5. The second-order valence-corrected chi connectivity index (χ2v) is 14.6. The lowest BCUT2D eigenvalue weighted by Gasteiger charge is -2.18. The number of para-hydroxylation sites is 3. The zero-order valence-corrected chi connectivity index (χ0v) is 31.9. The van der Waals surface area contributed by atoms with Crippen molar-refractivity contribution in [3.8, 4) is 73.4 Å². The van der Waals surface area contributed by atoms with Crippen LogP contribution in [0.15, 0.2) is 212 Å². The highest BCUT2D eigenvalue weighted by Crippen LogP contribution is 2.44. The molecule has 0 unspecified atom stereocenters. The monoisotopic (exact) mass is 753 g/mol. The fraction of sp³-hybridized carbons (Fsp3) is 0. The number of rotatable bonds is 7. The van der Waals surface area contributed by atoms with Gasteiger partial charge in [0.2, 0.25) is 0 Å². The molecule has 0 spiro atoms. The lowest BCUT2D eigenvalue weighted by atomic mass is 9.86. The molecule has 8 aromatic carbocycles. The van der Waals surface area contributed by atoms with Crippen LogP contribution in [0.25, 0.3) is 106 Å². The van der Waals surface area contributed by atoms with Crippen molar-refractivity contribution in [1.82, 2.24) is 24.5 Å². The molecule has 3 aromatic heterocycles. The van der Waals surface area contributed by atoms with Crippen molar-refractivity contribution in [2.24, 2.45) is 0 Å². The third-order valence-electron chi connectivity index (χ3n) is 11.1. The number of imidazole rings is 1. The van der Waals surface area contributed by atoms with Gasteiger partial charge in [0.05, 0.1) is 22.4 Å². The summed E-state index contributed by atoms with van der Waals surface area (Å²) in [4.78, 5) is 20.1. The average molecular weight is 754 g/mol. The van der Waals surface area contributed by atoms with Crippen LogP contribution in [0.4, 0.5) is 0 Å². The highest BCUT2D eigenvalue weighted by Gasteiger charge is 2.20. The normalized spacial score (nSPS) is 11.4. The fourth-order valence-corrected chi connectivity index (χ4v) is 8.37. The largest absolute Gasteiger partial charge is 0.291 e. The molecule has 0 N–H and O–H groups in total. The van der Waals surface area contributed by atoms with E-state index in [1.165, 1.54) is 32.7 Å². The third kappa shape index (κ3) is 6.13. The standard InChI is InChI=1S/C54H35N5/c1-4-16-36(17-5-1)47-35-48(57-53(56-47)39-18-6-2-7-19-39)37-28-30-38(31-29-37)51-42-22-10-12-24-44(42)52(45-25-13-11-23-43(45)51)40-32-33-55-49(34-40)54-58-46-26-14-15-27-50(46)59(54)41-20-8-3-9-21-41/h1-35H. The molecule has 0 saturated carbocycles. The van der Waals surface area contributed by atoms with E-state index in [1.807, 2.05) is 54.7 Å². The van der Waals surface area contributed by atoms with Gasteiger partial charge in [-0.3, -0.25) is 9.55 Å². The Kier molecular flexibility index (Phi) is 8.41. The summed E-state index contributed by atoms with van der Waals surface area (Å²) < 4.78 is 2.21. The van der Waals surface area contributed by atoms with E-state index in [2.05, 4.69) is 162 Å². The van der Waals surface area contributed by atoms with Gasteiger partial charge in [0.1, 0.15) is 5.69 Å². The van der Waals surface area contributed by atoms with Crippen molar-refractivity contribution in [2.45, 2.75) is 0 Å². The maximum atomic E-state index is 5.13. The van der Waals surface area contributed by atoms with Gasteiger partial charge in [0, 0.05) is 28.6 Å². The van der Waals surface area contributed by atoms with E-state index >= 15 is 0 Å². The second-order valence-electron chi connectivity index (χ2n) is 14.6. The van der Waals surface area contributed by atoms with E-state index < -0.39 is 0 Å². The summed E-state index contributed by atoms with van der Waals surface area (Å²) in [5.74, 6) is 1.51. The summed E-state index contributed by atoms with van der Waals surface area (Å²) in [5, 5.41) is 4.72. The average Bonchev–Trinajstić information content (AvgIpc) is 3.71. The first-order valence-corrected chi connectivity index (χ1v) is 19.8. The Labute approximate surface area is 341 Å². The van der Waals surface area contributed by atoms with Crippen molar-refractivity contribution in [2.75, 3.05) is 0 Å². The molecule has 59 heavy (non-hydrogen) atoms. The van der Waals surface area contributed by atoms with Gasteiger partial charge >= 0.3 is 0 Å². The lowest BCUT2D eigenvalue weighted by Crippen LogP contribution is -1.99. The number of hydrogen-bond donors (Lipinski definition) is 0. The number of nitrogens with zero attached hydrogens (tertiary/aromatic N) is 5. The summed E-state index contributed by atoms with van der Waals surface area (Å²) in [6.45, 7) is 0. The van der Waals surface area contributed by atoms with Gasteiger partial charge in [0.15, 0.2) is 11.6 Å². The van der Waals surface area contributed by atoms with Gasteiger partial charge in [-0.25, -0.2) is 15.0 Å². The Morgan fingerprint density at radius 3 is 1.46 bits per heavy atom. The number of benzene rings is 8. The summed E-state index contributed by atoms with van der Waals surface area (Å²) in [5.41, 5.74) is 13.3. The van der Waals surface area contributed by atoms with Crippen LogP contribution in [0.3, 0.4) is 0 Å². The highest BCUT2D eigenvalue weighted by atomic mass is 15.1. The molecular weight excluding hydrogens is 719 g/mol. The molecule has 0 atom stereocenters. The van der Waals surface area contributed by atoms with E-state index in [1.54, 1.807) is 0 Å². The smallest absolute Gasteiger partial charge is 0.164 e. The first kappa shape index (κ1) is 34.2. The molecule has 276 valence electrons. The van der Waals surface area contributed by atoms with Crippen LogP contribution >= 0.6 is 0 Å². The molecule has 3 heterocycles. The van der Waals surface area contributed by atoms with E-state index in [0.29, 0.717) is 5.82 Å². The van der Waals surface area contributed by atoms with Crippen molar-refractivity contribution in [3.05, 3.63) is 212 Å². The third-order valence-corrected chi connectivity index (χ3v) is 11.1. The maximum absolute atomic E-state index is 5.13. The molecule has 0 aliphatic rings. The fourth-order valence-electron chi connectivity index (χ4n) is 8.37. The summed E-state index contributed by atoms with van der Waals surface area (Å²) in [6.07, 6.45) is 1.91. The van der Waals surface area contributed by atoms with Gasteiger partial charge < -0.3 is 0 Å². The van der Waals surface area contributed by atoms with Crippen LogP contribution in [0.1, 0.15) is 0 Å². The minimum atomic E-state index is 0.704. The van der Waals surface area contributed by atoms with Gasteiger partial charge in [0.25, 0.3) is 0 Å². The minimum Gasteiger partial charge on any atom is -0.291 e. The Balaban J connectivity index is 1.05. The van der Waals surface area contributed by atoms with Gasteiger partial charge in [-0.05, 0) is 86.3 Å². The first-order chi connectivity index (χ1) is 29.3. The van der Waals surface area contributed by atoms with Gasteiger partial charge in [-0.2, -0.15) is 0 Å². The Morgan fingerprint density at radius 1 is 0.339 bits per heavy atom. The molecule has 11 rings (SSSR count). The van der Waals surface area contributed by atoms with Crippen LogP contribution in [-0.2, 0) is 0 Å². The summed E-state index contributed by atoms with van der Waals surface area (Å²) in [7, 11) is 0. The topological polar surface area (TPSA) is 56.5 Å². The zero-order chi connectivity index (χ0) is 39.1. The molecule has 5 nitrogen and oxygen atoms in total. The van der Waals surface area contributed by atoms with Crippen LogP contribution in [0.2, 0.25) is 0 Å². The van der Waals surface area contributed by atoms with Crippen LogP contribution < -0.4 is 0 Å². The second kappa shape index (κ2) is 14.5. The van der Waals surface area contributed by atoms with Gasteiger partial charge in [-0.15, -0.1) is 0 Å². The first-order valence-electron chi connectivity index (χ1n) is 19.8. The Hall–Kier alpha value is -8.02. The number of fused-ring (bicyclic) bond motifs is 3. The van der Waals surface area contributed by atoms with E-state index in [-0.39, 0.29) is 0 Å². The zero-order valence-electron chi connectivity index (χ0n) is 31.9.